The van der Waals surface area contributed by atoms with E-state index >= 15 is 0 Å². The molecule has 1 aliphatic heterocycles. The Morgan fingerprint density at radius 1 is 1.12 bits per heavy atom. The van der Waals surface area contributed by atoms with Gasteiger partial charge < -0.3 is 10.6 Å². The van der Waals surface area contributed by atoms with E-state index in [1.54, 1.807) is 0 Å². The number of aromatic nitrogens is 1. The molecule has 0 atom stereocenters. The second kappa shape index (κ2) is 6.28. The van der Waals surface area contributed by atoms with Crippen molar-refractivity contribution in [2.45, 2.75) is 19.3 Å². The smallest absolute Gasteiger partial charge is 0.153 e. The third-order valence-electron chi connectivity index (χ3n) is 4.16. The molecule has 1 aliphatic rings. The van der Waals surface area contributed by atoms with Crippen molar-refractivity contribution in [2.75, 3.05) is 17.2 Å². The van der Waals surface area contributed by atoms with Crippen LogP contribution >= 0.6 is 0 Å². The summed E-state index contributed by atoms with van der Waals surface area (Å²) in [6.07, 6.45) is 1.84. The Hall–Kier alpha value is -3.56. The van der Waals surface area contributed by atoms with Gasteiger partial charge in [0, 0.05) is 17.8 Å². The number of fused-ring (bicyclic) bond motifs is 1. The standard InChI is InChI=1S/C18H14N6/c19-8-7-13-14(10-20)17(22)23-18(15(13)11-21)24-9-3-5-12-4-1-2-6-16(12)24/h1-2,4,6H,3,5,7,9H2,(H2,22,23). The van der Waals surface area contributed by atoms with Crippen LogP contribution in [-0.4, -0.2) is 11.5 Å². The first-order chi connectivity index (χ1) is 11.7. The molecule has 6 heteroatoms. The Morgan fingerprint density at radius 2 is 1.88 bits per heavy atom. The van der Waals surface area contributed by atoms with Crippen molar-refractivity contribution in [2.24, 2.45) is 0 Å². The summed E-state index contributed by atoms with van der Waals surface area (Å²) in [5, 5.41) is 28.0. The topological polar surface area (TPSA) is 114 Å². The highest BCUT2D eigenvalue weighted by Gasteiger charge is 2.26. The van der Waals surface area contributed by atoms with Gasteiger partial charge in [0.25, 0.3) is 0 Å². The van der Waals surface area contributed by atoms with E-state index in [0.29, 0.717) is 17.9 Å². The molecule has 1 aromatic carbocycles. The molecule has 0 saturated carbocycles. The number of aryl methyl sites for hydroxylation is 1. The second-order valence-corrected chi connectivity index (χ2v) is 5.49. The molecule has 0 spiro atoms. The summed E-state index contributed by atoms with van der Waals surface area (Å²) in [6.45, 7) is 0.704. The first kappa shape index (κ1) is 15.3. The monoisotopic (exact) mass is 314 g/mol. The second-order valence-electron chi connectivity index (χ2n) is 5.49. The summed E-state index contributed by atoms with van der Waals surface area (Å²) in [7, 11) is 0. The highest BCUT2D eigenvalue weighted by Crippen LogP contribution is 2.36. The van der Waals surface area contributed by atoms with Crippen LogP contribution < -0.4 is 10.6 Å². The number of hydrogen-bond donors (Lipinski definition) is 1. The number of para-hydroxylation sites is 1. The highest BCUT2D eigenvalue weighted by molar-refractivity contribution is 5.75. The fourth-order valence-electron chi connectivity index (χ4n) is 3.09. The summed E-state index contributed by atoms with van der Waals surface area (Å²) in [5.41, 5.74) is 8.82. The van der Waals surface area contributed by atoms with Crippen LogP contribution in [-0.2, 0) is 12.8 Å². The molecular formula is C18H14N6. The van der Waals surface area contributed by atoms with Crippen molar-refractivity contribution in [3.63, 3.8) is 0 Å². The molecule has 0 amide bonds. The number of nitrogens with two attached hydrogens (primary N) is 1. The third-order valence-corrected chi connectivity index (χ3v) is 4.16. The van der Waals surface area contributed by atoms with Crippen molar-refractivity contribution in [1.29, 1.82) is 15.8 Å². The molecule has 3 rings (SSSR count). The van der Waals surface area contributed by atoms with E-state index < -0.39 is 0 Å². The van der Waals surface area contributed by atoms with Crippen molar-refractivity contribution in [3.8, 4) is 18.2 Å². The maximum absolute atomic E-state index is 9.64. The Bertz CT molecular complexity index is 926. The maximum atomic E-state index is 9.64. The zero-order valence-corrected chi connectivity index (χ0v) is 13.0. The van der Waals surface area contributed by atoms with Gasteiger partial charge in [-0.15, -0.1) is 0 Å². The summed E-state index contributed by atoms with van der Waals surface area (Å²) in [4.78, 5) is 6.28. The number of hydrogen-bond acceptors (Lipinski definition) is 6. The van der Waals surface area contributed by atoms with E-state index in [2.05, 4.69) is 17.1 Å². The van der Waals surface area contributed by atoms with Gasteiger partial charge in [0.05, 0.1) is 18.1 Å². The minimum atomic E-state index is -0.0546. The van der Waals surface area contributed by atoms with Crippen molar-refractivity contribution in [3.05, 3.63) is 46.5 Å². The minimum absolute atomic E-state index is 0.0546. The zero-order chi connectivity index (χ0) is 17.1. The average Bonchev–Trinajstić information content (AvgIpc) is 2.61. The van der Waals surface area contributed by atoms with Crippen LogP contribution in [0.2, 0.25) is 0 Å². The number of nitriles is 3. The fourth-order valence-corrected chi connectivity index (χ4v) is 3.09. The Balaban J connectivity index is 2.26. The van der Waals surface area contributed by atoms with E-state index in [4.69, 9.17) is 11.0 Å². The lowest BCUT2D eigenvalue weighted by Crippen LogP contribution is -2.27. The molecule has 0 fully saturated rings. The van der Waals surface area contributed by atoms with Gasteiger partial charge in [0.15, 0.2) is 5.82 Å². The molecular weight excluding hydrogens is 300 g/mol. The quantitative estimate of drug-likeness (QED) is 0.911. The Kier molecular flexibility index (Phi) is 4.01. The Labute approximate surface area is 140 Å². The lowest BCUT2D eigenvalue weighted by atomic mass is 9.98. The van der Waals surface area contributed by atoms with Crippen LogP contribution in [0, 0.1) is 34.0 Å². The molecule has 24 heavy (non-hydrogen) atoms. The van der Waals surface area contributed by atoms with Crippen molar-refractivity contribution >= 4 is 17.3 Å². The molecule has 0 radical (unpaired) electrons. The molecule has 2 aromatic rings. The van der Waals surface area contributed by atoms with E-state index in [-0.39, 0.29) is 23.4 Å². The van der Waals surface area contributed by atoms with Gasteiger partial charge in [-0.25, -0.2) is 4.98 Å². The number of benzene rings is 1. The molecule has 6 nitrogen and oxygen atoms in total. The normalized spacial score (nSPS) is 12.6. The van der Waals surface area contributed by atoms with Crippen LogP contribution in [0.4, 0.5) is 17.3 Å². The number of nitrogens with zero attached hydrogens (tertiary/aromatic N) is 5. The average molecular weight is 314 g/mol. The van der Waals surface area contributed by atoms with Gasteiger partial charge in [-0.05, 0) is 24.5 Å². The summed E-state index contributed by atoms with van der Waals surface area (Å²) >= 11 is 0. The van der Waals surface area contributed by atoms with Gasteiger partial charge in [0.2, 0.25) is 0 Å². The van der Waals surface area contributed by atoms with Crippen molar-refractivity contribution < 1.29 is 0 Å². The number of pyridine rings is 1. The zero-order valence-electron chi connectivity index (χ0n) is 13.0. The van der Waals surface area contributed by atoms with E-state index in [0.717, 1.165) is 18.5 Å². The van der Waals surface area contributed by atoms with E-state index in [9.17, 15) is 10.5 Å². The van der Waals surface area contributed by atoms with Gasteiger partial charge in [-0.3, -0.25) is 0 Å². The predicted molar refractivity (Wildman–Crippen MR) is 89.2 cm³/mol. The van der Waals surface area contributed by atoms with Crippen LogP contribution in [0.3, 0.4) is 0 Å². The van der Waals surface area contributed by atoms with Crippen LogP contribution in [0.15, 0.2) is 24.3 Å². The first-order valence-electron chi connectivity index (χ1n) is 7.56. The van der Waals surface area contributed by atoms with E-state index in [1.807, 2.05) is 35.2 Å². The lowest BCUT2D eigenvalue weighted by Gasteiger charge is -2.31. The molecule has 0 saturated heterocycles. The molecule has 0 unspecified atom stereocenters. The molecule has 2 N–H and O–H groups in total. The van der Waals surface area contributed by atoms with Crippen LogP contribution in [0.1, 0.15) is 28.7 Å². The Morgan fingerprint density at radius 3 is 2.58 bits per heavy atom. The molecule has 0 aliphatic carbocycles. The highest BCUT2D eigenvalue weighted by atomic mass is 15.2. The van der Waals surface area contributed by atoms with Gasteiger partial charge in [-0.1, -0.05) is 18.2 Å². The van der Waals surface area contributed by atoms with Gasteiger partial charge >= 0.3 is 0 Å². The van der Waals surface area contributed by atoms with E-state index in [1.165, 1.54) is 5.56 Å². The SMILES string of the molecule is N#CCc1c(C#N)c(N)nc(N2CCCc3ccccc32)c1C#N. The number of anilines is 3. The fraction of sp³-hybridized carbons (Fsp3) is 0.222. The largest absolute Gasteiger partial charge is 0.383 e. The number of rotatable bonds is 2. The molecule has 116 valence electrons. The molecule has 2 heterocycles. The van der Waals surface area contributed by atoms with Gasteiger partial charge in [-0.2, -0.15) is 15.8 Å². The summed E-state index contributed by atoms with van der Waals surface area (Å²) in [5.74, 6) is 0.478. The van der Waals surface area contributed by atoms with Gasteiger partial charge in [0.1, 0.15) is 23.5 Å². The maximum Gasteiger partial charge on any atom is 0.153 e. The van der Waals surface area contributed by atoms with Crippen LogP contribution in [0.5, 0.6) is 0 Å². The lowest BCUT2D eigenvalue weighted by molar-refractivity contribution is 0.758. The van der Waals surface area contributed by atoms with Crippen LogP contribution in [0.25, 0.3) is 0 Å². The third kappa shape index (κ3) is 2.39. The first-order valence-corrected chi connectivity index (χ1v) is 7.56. The predicted octanol–water partition coefficient (Wildman–Crippen LogP) is 2.56. The van der Waals surface area contributed by atoms with Crippen molar-refractivity contribution in [1.82, 2.24) is 4.98 Å². The molecule has 1 aromatic heterocycles. The summed E-state index contributed by atoms with van der Waals surface area (Å²) in [6, 6.07) is 14.0. The minimum Gasteiger partial charge on any atom is -0.383 e. The summed E-state index contributed by atoms with van der Waals surface area (Å²) < 4.78 is 0. The molecule has 0 bridgehead atoms. The number of nitrogen functional groups attached to an aromatic ring is 1.